The Morgan fingerprint density at radius 1 is 1.23 bits per heavy atom. The molecule has 0 atom stereocenters. The first-order chi connectivity index (χ1) is 10.7. The lowest BCUT2D eigenvalue weighted by Crippen LogP contribution is -1.95. The van der Waals surface area contributed by atoms with Crippen LogP contribution >= 0.6 is 11.3 Å². The molecular formula is C17H21N3OS. The number of unbranched alkanes of at least 4 members (excludes halogenated alkanes) is 1. The molecule has 0 N–H and O–H groups in total. The van der Waals surface area contributed by atoms with Crippen LogP contribution in [0.15, 0.2) is 30.5 Å². The Morgan fingerprint density at radius 2 is 2.00 bits per heavy atom. The van der Waals surface area contributed by atoms with Gasteiger partial charge in [-0.15, -0.1) is 0 Å². The van der Waals surface area contributed by atoms with Gasteiger partial charge in [-0.3, -0.25) is 0 Å². The molecule has 3 rings (SSSR count). The molecule has 5 heteroatoms. The number of imidazole rings is 1. The molecule has 0 amide bonds. The average Bonchev–Trinajstić information content (AvgIpc) is 3.07. The fourth-order valence-electron chi connectivity index (χ4n) is 2.14. The third-order valence-corrected chi connectivity index (χ3v) is 4.69. The van der Waals surface area contributed by atoms with E-state index in [1.54, 1.807) is 11.3 Å². The summed E-state index contributed by atoms with van der Waals surface area (Å²) in [5, 5.41) is 5.69. The normalized spacial score (nSPS) is 11.5. The maximum atomic E-state index is 5.69. The molecule has 1 aromatic carbocycles. The molecule has 0 saturated carbocycles. The lowest BCUT2D eigenvalue weighted by Gasteiger charge is -2.05. The van der Waals surface area contributed by atoms with Crippen LogP contribution < -0.4 is 4.74 Å². The zero-order chi connectivity index (χ0) is 15.5. The number of nitrogens with zero attached hydrogens (tertiary/aromatic N) is 3. The predicted molar refractivity (Wildman–Crippen MR) is 90.8 cm³/mol. The van der Waals surface area contributed by atoms with Gasteiger partial charge in [-0.05, 0) is 30.7 Å². The zero-order valence-electron chi connectivity index (χ0n) is 13.2. The fraction of sp³-hybridized carbons (Fsp3) is 0.412. The van der Waals surface area contributed by atoms with Gasteiger partial charge in [0.25, 0.3) is 0 Å². The summed E-state index contributed by atoms with van der Waals surface area (Å²) in [6, 6.07) is 8.12. The highest BCUT2D eigenvalue weighted by molar-refractivity contribution is 7.16. The molecule has 0 unspecified atom stereocenters. The first-order valence-electron chi connectivity index (χ1n) is 7.76. The van der Waals surface area contributed by atoms with Gasteiger partial charge in [0.2, 0.25) is 4.96 Å². The van der Waals surface area contributed by atoms with Crippen molar-refractivity contribution in [3.8, 4) is 17.0 Å². The van der Waals surface area contributed by atoms with Gasteiger partial charge in [-0.2, -0.15) is 5.10 Å². The van der Waals surface area contributed by atoms with Crippen LogP contribution in [0.4, 0.5) is 0 Å². The van der Waals surface area contributed by atoms with E-state index in [2.05, 4.69) is 43.0 Å². The summed E-state index contributed by atoms with van der Waals surface area (Å²) in [4.78, 5) is 5.62. The summed E-state index contributed by atoms with van der Waals surface area (Å²) in [5.41, 5.74) is 2.04. The summed E-state index contributed by atoms with van der Waals surface area (Å²) < 4.78 is 7.56. The maximum Gasteiger partial charge on any atom is 0.212 e. The fourth-order valence-corrected chi connectivity index (χ4v) is 3.03. The van der Waals surface area contributed by atoms with Crippen molar-refractivity contribution < 1.29 is 4.74 Å². The van der Waals surface area contributed by atoms with Gasteiger partial charge in [-0.1, -0.05) is 38.5 Å². The zero-order valence-corrected chi connectivity index (χ0v) is 14.1. The summed E-state index contributed by atoms with van der Waals surface area (Å²) in [7, 11) is 0. The molecule has 0 aliphatic rings. The van der Waals surface area contributed by atoms with E-state index in [1.807, 2.05) is 22.8 Å². The Hall–Kier alpha value is -1.88. The third-order valence-electron chi connectivity index (χ3n) is 3.47. The van der Waals surface area contributed by atoms with Crippen LogP contribution in [0.5, 0.6) is 5.75 Å². The van der Waals surface area contributed by atoms with Crippen LogP contribution in [0.2, 0.25) is 0 Å². The molecule has 0 spiro atoms. The predicted octanol–water partition coefficient (Wildman–Crippen LogP) is 4.76. The van der Waals surface area contributed by atoms with Crippen LogP contribution in [0, 0.1) is 0 Å². The van der Waals surface area contributed by atoms with Gasteiger partial charge in [0.1, 0.15) is 10.8 Å². The van der Waals surface area contributed by atoms with Crippen molar-refractivity contribution in [1.29, 1.82) is 0 Å². The minimum atomic E-state index is 0.440. The second-order valence-electron chi connectivity index (χ2n) is 5.67. The van der Waals surface area contributed by atoms with E-state index in [1.165, 1.54) is 0 Å². The lowest BCUT2D eigenvalue weighted by molar-refractivity contribution is 0.309. The van der Waals surface area contributed by atoms with E-state index in [0.29, 0.717) is 5.92 Å². The first kappa shape index (κ1) is 15.0. The van der Waals surface area contributed by atoms with Gasteiger partial charge >= 0.3 is 0 Å². The van der Waals surface area contributed by atoms with Crippen molar-refractivity contribution in [1.82, 2.24) is 14.6 Å². The molecule has 0 aliphatic carbocycles. The Balaban J connectivity index is 1.77. The number of fused-ring (bicyclic) bond motifs is 1. The van der Waals surface area contributed by atoms with Crippen molar-refractivity contribution in [2.24, 2.45) is 0 Å². The molecule has 0 saturated heterocycles. The molecule has 2 heterocycles. The van der Waals surface area contributed by atoms with Crippen LogP contribution in [-0.4, -0.2) is 21.2 Å². The summed E-state index contributed by atoms with van der Waals surface area (Å²) in [6.45, 7) is 7.24. The molecule has 0 aliphatic heterocycles. The highest BCUT2D eigenvalue weighted by Gasteiger charge is 2.11. The SMILES string of the molecule is CCCCOc1ccc(-c2cn3nc(C(C)C)sc3n2)cc1. The van der Waals surface area contributed by atoms with Crippen LogP contribution in [-0.2, 0) is 0 Å². The Morgan fingerprint density at radius 3 is 2.64 bits per heavy atom. The molecule has 3 aromatic rings. The Bertz CT molecular complexity index is 711. The van der Waals surface area contributed by atoms with Gasteiger partial charge in [0, 0.05) is 11.5 Å². The number of hydrogen-bond acceptors (Lipinski definition) is 4. The van der Waals surface area contributed by atoms with Gasteiger partial charge in [-0.25, -0.2) is 9.50 Å². The number of ether oxygens (including phenoxy) is 1. The molecule has 22 heavy (non-hydrogen) atoms. The van der Waals surface area contributed by atoms with Gasteiger partial charge in [0.15, 0.2) is 0 Å². The Labute approximate surface area is 134 Å². The number of aromatic nitrogens is 3. The first-order valence-corrected chi connectivity index (χ1v) is 8.58. The third kappa shape index (κ3) is 3.14. The molecular weight excluding hydrogens is 294 g/mol. The van der Waals surface area contributed by atoms with Crippen LogP contribution in [0.25, 0.3) is 16.2 Å². The molecule has 2 aromatic heterocycles. The minimum absolute atomic E-state index is 0.440. The smallest absolute Gasteiger partial charge is 0.212 e. The number of benzene rings is 1. The topological polar surface area (TPSA) is 39.4 Å². The van der Waals surface area contributed by atoms with Crippen LogP contribution in [0.1, 0.15) is 44.5 Å². The molecule has 0 bridgehead atoms. The quantitative estimate of drug-likeness (QED) is 0.616. The second-order valence-corrected chi connectivity index (χ2v) is 6.66. The summed E-state index contributed by atoms with van der Waals surface area (Å²) in [6.07, 6.45) is 4.22. The maximum absolute atomic E-state index is 5.69. The van der Waals surface area contributed by atoms with E-state index >= 15 is 0 Å². The monoisotopic (exact) mass is 315 g/mol. The average molecular weight is 315 g/mol. The van der Waals surface area contributed by atoms with E-state index in [9.17, 15) is 0 Å². The van der Waals surface area contributed by atoms with Crippen molar-refractivity contribution in [2.45, 2.75) is 39.5 Å². The minimum Gasteiger partial charge on any atom is -0.494 e. The molecule has 4 nitrogen and oxygen atoms in total. The Kier molecular flexibility index (Phi) is 4.43. The summed E-state index contributed by atoms with van der Waals surface area (Å²) in [5.74, 6) is 1.35. The van der Waals surface area contributed by atoms with Crippen molar-refractivity contribution in [3.05, 3.63) is 35.5 Å². The lowest BCUT2D eigenvalue weighted by atomic mass is 10.2. The number of hydrogen-bond donors (Lipinski definition) is 0. The molecule has 0 radical (unpaired) electrons. The van der Waals surface area contributed by atoms with E-state index < -0.39 is 0 Å². The van der Waals surface area contributed by atoms with Crippen molar-refractivity contribution >= 4 is 16.3 Å². The van der Waals surface area contributed by atoms with E-state index in [-0.39, 0.29) is 0 Å². The van der Waals surface area contributed by atoms with E-state index in [4.69, 9.17) is 4.74 Å². The second kappa shape index (κ2) is 6.48. The molecule has 116 valence electrons. The van der Waals surface area contributed by atoms with Crippen molar-refractivity contribution in [3.63, 3.8) is 0 Å². The highest BCUT2D eigenvalue weighted by Crippen LogP contribution is 2.26. The van der Waals surface area contributed by atoms with Gasteiger partial charge < -0.3 is 4.74 Å². The number of rotatable bonds is 6. The summed E-state index contributed by atoms with van der Waals surface area (Å²) >= 11 is 1.65. The molecule has 0 fully saturated rings. The largest absolute Gasteiger partial charge is 0.494 e. The van der Waals surface area contributed by atoms with E-state index in [0.717, 1.165) is 46.4 Å². The highest BCUT2D eigenvalue weighted by atomic mass is 32.1. The standard InChI is InChI=1S/C17H21N3OS/c1-4-5-10-21-14-8-6-13(7-9-14)15-11-20-17(18-15)22-16(19-20)12(2)3/h6-9,11-12H,4-5,10H2,1-3H3. The van der Waals surface area contributed by atoms with Crippen molar-refractivity contribution in [2.75, 3.05) is 6.61 Å². The van der Waals surface area contributed by atoms with Gasteiger partial charge in [0.05, 0.1) is 18.5 Å². The van der Waals surface area contributed by atoms with Crippen LogP contribution in [0.3, 0.4) is 0 Å².